The van der Waals surface area contributed by atoms with E-state index in [9.17, 15) is 26.4 Å². The fourth-order valence-corrected chi connectivity index (χ4v) is 4.66. The minimum Gasteiger partial charge on any atom is -0.374 e. The quantitative estimate of drug-likeness (QED) is 0.712. The highest BCUT2D eigenvalue weighted by Gasteiger charge is 2.30. The van der Waals surface area contributed by atoms with E-state index in [-0.39, 0.29) is 10.6 Å². The molecule has 0 saturated carbocycles. The number of rotatable bonds is 6. The van der Waals surface area contributed by atoms with Gasteiger partial charge in [-0.3, -0.25) is 4.79 Å². The number of halogens is 3. The number of sulfonamides is 1. The molecule has 162 valence electrons. The first-order chi connectivity index (χ1) is 14.1. The average molecular weight is 441 g/mol. The van der Waals surface area contributed by atoms with Gasteiger partial charge in [0.2, 0.25) is 15.9 Å². The van der Waals surface area contributed by atoms with Crippen molar-refractivity contribution in [3.05, 3.63) is 54.1 Å². The van der Waals surface area contributed by atoms with E-state index in [1.807, 2.05) is 0 Å². The zero-order valence-electron chi connectivity index (χ0n) is 16.2. The molecule has 2 N–H and O–H groups in total. The summed E-state index contributed by atoms with van der Waals surface area (Å²) < 4.78 is 64.9. The van der Waals surface area contributed by atoms with E-state index in [2.05, 4.69) is 10.6 Å². The number of hydrogen-bond acceptors (Lipinski definition) is 4. The molecular weight excluding hydrogens is 419 g/mol. The lowest BCUT2D eigenvalue weighted by Gasteiger charge is -2.17. The highest BCUT2D eigenvalue weighted by Crippen LogP contribution is 2.30. The zero-order valence-corrected chi connectivity index (χ0v) is 17.1. The summed E-state index contributed by atoms with van der Waals surface area (Å²) in [7, 11) is -3.54. The third kappa shape index (κ3) is 5.11. The molecule has 1 fully saturated rings. The molecule has 0 bridgehead atoms. The van der Waals surface area contributed by atoms with E-state index in [1.54, 1.807) is 0 Å². The third-order valence-corrected chi connectivity index (χ3v) is 6.70. The van der Waals surface area contributed by atoms with Crippen LogP contribution in [-0.4, -0.2) is 37.8 Å². The lowest BCUT2D eigenvalue weighted by atomic mass is 10.1. The number of hydrogen-bond donors (Lipinski definition) is 2. The van der Waals surface area contributed by atoms with Crippen LogP contribution in [0.3, 0.4) is 0 Å². The Morgan fingerprint density at radius 3 is 2.27 bits per heavy atom. The molecule has 1 amide bonds. The third-order valence-electron chi connectivity index (χ3n) is 4.79. The van der Waals surface area contributed by atoms with Crippen molar-refractivity contribution in [2.75, 3.05) is 23.7 Å². The van der Waals surface area contributed by atoms with Crippen LogP contribution in [0.2, 0.25) is 0 Å². The molecule has 0 spiro atoms. The van der Waals surface area contributed by atoms with Crippen molar-refractivity contribution >= 4 is 27.3 Å². The molecule has 1 saturated heterocycles. The summed E-state index contributed by atoms with van der Waals surface area (Å²) in [6.45, 7) is 2.51. The fourth-order valence-electron chi connectivity index (χ4n) is 3.14. The molecule has 0 unspecified atom stereocenters. The van der Waals surface area contributed by atoms with Crippen LogP contribution in [0.5, 0.6) is 0 Å². The Morgan fingerprint density at radius 2 is 1.67 bits per heavy atom. The summed E-state index contributed by atoms with van der Waals surface area (Å²) in [5.41, 5.74) is -0.257. The standard InChI is InChI=1S/C20H22F3N3O3S/c1-14(24-17-6-4-5-15(13-17)20(21,22)23)19(27)25-16-7-9-18(10-8-16)30(28,29)26-11-2-3-12-26/h4-10,13-14,24H,2-3,11-12H2,1H3,(H,25,27)/t14-/m1/s1. The zero-order chi connectivity index (χ0) is 21.9. The Labute approximate surface area is 173 Å². The molecule has 0 radical (unpaired) electrons. The molecule has 2 aromatic carbocycles. The van der Waals surface area contributed by atoms with Gasteiger partial charge in [0, 0.05) is 24.5 Å². The summed E-state index contributed by atoms with van der Waals surface area (Å²) in [6.07, 6.45) is -2.80. The van der Waals surface area contributed by atoms with Gasteiger partial charge in [-0.1, -0.05) is 6.07 Å². The molecule has 0 aliphatic carbocycles. The SMILES string of the molecule is C[C@@H](Nc1cccc(C(F)(F)F)c1)C(=O)Nc1ccc(S(=O)(=O)N2CCCC2)cc1. The second-order valence-corrected chi connectivity index (χ2v) is 9.01. The monoisotopic (exact) mass is 441 g/mol. The smallest absolute Gasteiger partial charge is 0.374 e. The van der Waals surface area contributed by atoms with Crippen LogP contribution in [0.1, 0.15) is 25.3 Å². The van der Waals surface area contributed by atoms with Crippen molar-refractivity contribution in [2.24, 2.45) is 0 Å². The number of alkyl halides is 3. The van der Waals surface area contributed by atoms with Crippen LogP contribution < -0.4 is 10.6 Å². The van der Waals surface area contributed by atoms with E-state index in [0.717, 1.165) is 25.0 Å². The number of carbonyl (C=O) groups is 1. The maximum absolute atomic E-state index is 12.8. The molecule has 6 nitrogen and oxygen atoms in total. The number of nitrogens with one attached hydrogen (secondary N) is 2. The molecule has 30 heavy (non-hydrogen) atoms. The molecule has 2 aromatic rings. The molecule has 1 aliphatic rings. The number of nitrogens with zero attached hydrogens (tertiary/aromatic N) is 1. The lowest BCUT2D eigenvalue weighted by molar-refractivity contribution is -0.137. The predicted molar refractivity (Wildman–Crippen MR) is 108 cm³/mol. The van der Waals surface area contributed by atoms with E-state index in [0.29, 0.717) is 18.8 Å². The van der Waals surface area contributed by atoms with Gasteiger partial charge in [0.15, 0.2) is 0 Å². The van der Waals surface area contributed by atoms with Crippen molar-refractivity contribution in [3.8, 4) is 0 Å². The van der Waals surface area contributed by atoms with E-state index < -0.39 is 33.7 Å². The van der Waals surface area contributed by atoms with Gasteiger partial charge in [-0.25, -0.2) is 8.42 Å². The van der Waals surface area contributed by atoms with E-state index >= 15 is 0 Å². The normalized spacial score (nSPS) is 16.3. The van der Waals surface area contributed by atoms with Crippen LogP contribution in [0.25, 0.3) is 0 Å². The minimum absolute atomic E-state index is 0.150. The Hall–Kier alpha value is -2.59. The molecule has 10 heteroatoms. The summed E-state index contributed by atoms with van der Waals surface area (Å²) in [6, 6.07) is 9.58. The molecule has 1 heterocycles. The Balaban J connectivity index is 1.63. The van der Waals surface area contributed by atoms with Crippen molar-refractivity contribution in [1.82, 2.24) is 4.31 Å². The summed E-state index contributed by atoms with van der Waals surface area (Å²) in [5, 5.41) is 5.36. The Morgan fingerprint density at radius 1 is 1.03 bits per heavy atom. The van der Waals surface area contributed by atoms with Crippen molar-refractivity contribution < 1.29 is 26.4 Å². The van der Waals surface area contributed by atoms with Gasteiger partial charge in [0.1, 0.15) is 6.04 Å². The summed E-state index contributed by atoms with van der Waals surface area (Å²) in [5.74, 6) is -0.470. The van der Waals surface area contributed by atoms with Gasteiger partial charge < -0.3 is 10.6 Å². The van der Waals surface area contributed by atoms with Crippen LogP contribution in [0.4, 0.5) is 24.5 Å². The van der Waals surface area contributed by atoms with Crippen LogP contribution in [0, 0.1) is 0 Å². The van der Waals surface area contributed by atoms with Gasteiger partial charge in [-0.2, -0.15) is 17.5 Å². The first-order valence-electron chi connectivity index (χ1n) is 9.42. The predicted octanol–water partition coefficient (Wildman–Crippen LogP) is 3.93. The van der Waals surface area contributed by atoms with Crippen LogP contribution in [0.15, 0.2) is 53.4 Å². The first-order valence-corrected chi connectivity index (χ1v) is 10.9. The van der Waals surface area contributed by atoms with Gasteiger partial charge in [0.05, 0.1) is 10.5 Å². The number of anilines is 2. The van der Waals surface area contributed by atoms with Crippen LogP contribution in [-0.2, 0) is 21.0 Å². The Bertz CT molecular complexity index is 1000. The largest absolute Gasteiger partial charge is 0.416 e. The molecule has 1 atom stereocenters. The molecular formula is C20H22F3N3O3S. The number of carbonyl (C=O) groups excluding carboxylic acids is 1. The van der Waals surface area contributed by atoms with E-state index in [1.165, 1.54) is 47.6 Å². The Kier molecular flexibility index (Phi) is 6.37. The fraction of sp³-hybridized carbons (Fsp3) is 0.350. The summed E-state index contributed by atoms with van der Waals surface area (Å²) >= 11 is 0. The van der Waals surface area contributed by atoms with Gasteiger partial charge in [-0.15, -0.1) is 0 Å². The van der Waals surface area contributed by atoms with Crippen molar-refractivity contribution in [1.29, 1.82) is 0 Å². The van der Waals surface area contributed by atoms with Gasteiger partial charge in [0.25, 0.3) is 0 Å². The maximum Gasteiger partial charge on any atom is 0.416 e. The number of benzene rings is 2. The van der Waals surface area contributed by atoms with Gasteiger partial charge >= 0.3 is 6.18 Å². The highest BCUT2D eigenvalue weighted by molar-refractivity contribution is 7.89. The van der Waals surface area contributed by atoms with Gasteiger partial charge in [-0.05, 0) is 62.2 Å². The maximum atomic E-state index is 12.8. The second kappa shape index (κ2) is 8.65. The van der Waals surface area contributed by atoms with Crippen molar-refractivity contribution in [2.45, 2.75) is 36.9 Å². The minimum atomic E-state index is -4.47. The molecule has 3 rings (SSSR count). The summed E-state index contributed by atoms with van der Waals surface area (Å²) in [4.78, 5) is 12.5. The molecule has 0 aromatic heterocycles. The number of amides is 1. The second-order valence-electron chi connectivity index (χ2n) is 7.07. The topological polar surface area (TPSA) is 78.5 Å². The van der Waals surface area contributed by atoms with Crippen LogP contribution >= 0.6 is 0 Å². The van der Waals surface area contributed by atoms with Crippen molar-refractivity contribution in [3.63, 3.8) is 0 Å². The average Bonchev–Trinajstić information content (AvgIpc) is 3.23. The first kappa shape index (κ1) is 22.1. The lowest BCUT2D eigenvalue weighted by Crippen LogP contribution is -2.32. The molecule has 1 aliphatic heterocycles. The highest BCUT2D eigenvalue weighted by atomic mass is 32.2. The van der Waals surface area contributed by atoms with E-state index in [4.69, 9.17) is 0 Å².